The van der Waals surface area contributed by atoms with Crippen molar-refractivity contribution >= 4 is 11.4 Å². The molecule has 112 valence electrons. The van der Waals surface area contributed by atoms with Crippen LogP contribution >= 0.6 is 0 Å². The smallest absolute Gasteiger partial charge is 0.124 e. The van der Waals surface area contributed by atoms with Gasteiger partial charge in [-0.05, 0) is 36.4 Å². The Morgan fingerprint density at radius 2 is 1.82 bits per heavy atom. The summed E-state index contributed by atoms with van der Waals surface area (Å²) in [6, 6.07) is 9.45. The topological polar surface area (TPSA) is 44.5 Å². The highest BCUT2D eigenvalue weighted by molar-refractivity contribution is 5.68. The van der Waals surface area contributed by atoms with Crippen molar-refractivity contribution in [2.24, 2.45) is 0 Å². The summed E-state index contributed by atoms with van der Waals surface area (Å²) >= 11 is 0. The maximum Gasteiger partial charge on any atom is 0.124 e. The minimum atomic E-state index is -0.380. The third kappa shape index (κ3) is 3.39. The SMILES string of the molecule is C=C(OC)c1cc(OC)ccc1C#Cc1cc(F)ccc1N. The van der Waals surface area contributed by atoms with Gasteiger partial charge in [0.25, 0.3) is 0 Å². The first kappa shape index (κ1) is 15.5. The number of nitrogen functional groups attached to an aromatic ring is 1. The molecular weight excluding hydrogens is 281 g/mol. The summed E-state index contributed by atoms with van der Waals surface area (Å²) in [5, 5.41) is 0. The van der Waals surface area contributed by atoms with Gasteiger partial charge in [-0.1, -0.05) is 18.4 Å². The number of nitrogens with two attached hydrogens (primary N) is 1. The second-order valence-electron chi connectivity index (χ2n) is 4.52. The summed E-state index contributed by atoms with van der Waals surface area (Å²) in [5.74, 6) is 6.60. The standard InChI is InChI=1S/C18H16FNO2/c1-12(21-2)17-11-16(22-3)8-6-13(17)4-5-14-10-15(19)7-9-18(14)20/h6-11H,1,20H2,2-3H3. The first-order chi connectivity index (χ1) is 10.5. The van der Waals surface area contributed by atoms with Crippen LogP contribution < -0.4 is 10.5 Å². The van der Waals surface area contributed by atoms with Gasteiger partial charge in [0.05, 0.1) is 19.8 Å². The first-order valence-corrected chi connectivity index (χ1v) is 6.53. The lowest BCUT2D eigenvalue weighted by Crippen LogP contribution is -1.94. The van der Waals surface area contributed by atoms with E-state index in [-0.39, 0.29) is 5.82 Å². The van der Waals surface area contributed by atoms with Crippen LogP contribution in [0, 0.1) is 17.7 Å². The Morgan fingerprint density at radius 3 is 2.50 bits per heavy atom. The maximum absolute atomic E-state index is 13.3. The fraction of sp³-hybridized carbons (Fsp3) is 0.111. The Kier molecular flexibility index (Phi) is 4.70. The number of hydrogen-bond acceptors (Lipinski definition) is 3. The van der Waals surface area contributed by atoms with Crippen molar-refractivity contribution in [3.63, 3.8) is 0 Å². The molecule has 3 nitrogen and oxygen atoms in total. The van der Waals surface area contributed by atoms with Gasteiger partial charge >= 0.3 is 0 Å². The predicted molar refractivity (Wildman–Crippen MR) is 85.8 cm³/mol. The van der Waals surface area contributed by atoms with Gasteiger partial charge < -0.3 is 15.2 Å². The second-order valence-corrected chi connectivity index (χ2v) is 4.52. The lowest BCUT2D eigenvalue weighted by atomic mass is 10.0. The number of hydrogen-bond donors (Lipinski definition) is 1. The van der Waals surface area contributed by atoms with E-state index in [1.807, 2.05) is 0 Å². The van der Waals surface area contributed by atoms with Crippen molar-refractivity contribution in [1.29, 1.82) is 0 Å². The monoisotopic (exact) mass is 297 g/mol. The van der Waals surface area contributed by atoms with E-state index in [0.29, 0.717) is 33.9 Å². The molecule has 0 saturated carbocycles. The number of benzene rings is 2. The molecule has 0 aliphatic carbocycles. The molecule has 0 aliphatic heterocycles. The Morgan fingerprint density at radius 1 is 1.09 bits per heavy atom. The van der Waals surface area contributed by atoms with E-state index >= 15 is 0 Å². The highest BCUT2D eigenvalue weighted by Gasteiger charge is 2.07. The normalized spacial score (nSPS) is 9.59. The van der Waals surface area contributed by atoms with Crippen LogP contribution in [0.3, 0.4) is 0 Å². The molecule has 2 aromatic rings. The van der Waals surface area contributed by atoms with Crippen molar-refractivity contribution in [3.8, 4) is 17.6 Å². The lowest BCUT2D eigenvalue weighted by Gasteiger charge is -2.09. The van der Waals surface area contributed by atoms with E-state index in [4.69, 9.17) is 15.2 Å². The zero-order valence-corrected chi connectivity index (χ0v) is 12.4. The van der Waals surface area contributed by atoms with Crippen LogP contribution in [0.5, 0.6) is 5.75 Å². The molecule has 2 aromatic carbocycles. The zero-order valence-electron chi connectivity index (χ0n) is 12.4. The molecule has 0 aliphatic rings. The second kappa shape index (κ2) is 6.68. The summed E-state index contributed by atoms with van der Waals surface area (Å²) in [5.41, 5.74) is 8.06. The van der Waals surface area contributed by atoms with Crippen molar-refractivity contribution < 1.29 is 13.9 Å². The Labute approximate surface area is 129 Å². The number of halogens is 1. The van der Waals surface area contributed by atoms with Gasteiger partial charge in [0.15, 0.2) is 0 Å². The van der Waals surface area contributed by atoms with Crippen LogP contribution in [0.15, 0.2) is 43.0 Å². The summed E-state index contributed by atoms with van der Waals surface area (Å²) in [7, 11) is 3.11. The van der Waals surface area contributed by atoms with Crippen LogP contribution in [0.4, 0.5) is 10.1 Å². The van der Waals surface area contributed by atoms with Crippen LogP contribution in [-0.2, 0) is 4.74 Å². The summed E-state index contributed by atoms with van der Waals surface area (Å²) in [6.45, 7) is 3.84. The first-order valence-electron chi connectivity index (χ1n) is 6.53. The molecule has 0 aromatic heterocycles. The zero-order chi connectivity index (χ0) is 16.1. The number of methoxy groups -OCH3 is 2. The molecule has 0 unspecified atom stereocenters. The van der Waals surface area contributed by atoms with Crippen LogP contribution in [0.25, 0.3) is 5.76 Å². The maximum atomic E-state index is 13.3. The highest BCUT2D eigenvalue weighted by Crippen LogP contribution is 2.23. The van der Waals surface area contributed by atoms with Gasteiger partial charge in [0.1, 0.15) is 17.3 Å². The molecule has 0 saturated heterocycles. The molecule has 0 radical (unpaired) electrons. The summed E-state index contributed by atoms with van der Waals surface area (Å²) in [4.78, 5) is 0. The molecule has 0 fully saturated rings. The highest BCUT2D eigenvalue weighted by atomic mass is 19.1. The van der Waals surface area contributed by atoms with Crippen LogP contribution in [0.1, 0.15) is 16.7 Å². The van der Waals surface area contributed by atoms with Gasteiger partial charge in [-0.25, -0.2) is 4.39 Å². The van der Waals surface area contributed by atoms with E-state index < -0.39 is 0 Å². The number of anilines is 1. The Balaban J connectivity index is 2.48. The molecular formula is C18H16FNO2. The van der Waals surface area contributed by atoms with Gasteiger partial charge in [0, 0.05) is 16.8 Å². The van der Waals surface area contributed by atoms with E-state index in [1.54, 1.807) is 25.3 Å². The molecule has 22 heavy (non-hydrogen) atoms. The summed E-state index contributed by atoms with van der Waals surface area (Å²) < 4.78 is 23.6. The summed E-state index contributed by atoms with van der Waals surface area (Å²) in [6.07, 6.45) is 0. The van der Waals surface area contributed by atoms with Gasteiger partial charge in [-0.15, -0.1) is 0 Å². The third-order valence-electron chi connectivity index (χ3n) is 3.12. The molecule has 4 heteroatoms. The predicted octanol–water partition coefficient (Wildman–Crippen LogP) is 3.43. The quantitative estimate of drug-likeness (QED) is 0.536. The van der Waals surface area contributed by atoms with Crippen LogP contribution in [0.2, 0.25) is 0 Å². The number of ether oxygens (including phenoxy) is 2. The third-order valence-corrected chi connectivity index (χ3v) is 3.12. The van der Waals surface area contributed by atoms with Crippen molar-refractivity contribution in [2.75, 3.05) is 20.0 Å². The van der Waals surface area contributed by atoms with Gasteiger partial charge in [-0.3, -0.25) is 0 Å². The van der Waals surface area contributed by atoms with E-state index in [1.165, 1.54) is 25.3 Å². The van der Waals surface area contributed by atoms with Crippen molar-refractivity contribution in [2.45, 2.75) is 0 Å². The molecule has 0 amide bonds. The van der Waals surface area contributed by atoms with Crippen LogP contribution in [-0.4, -0.2) is 14.2 Å². The molecule has 0 bridgehead atoms. The van der Waals surface area contributed by atoms with E-state index in [0.717, 1.165) is 0 Å². The average molecular weight is 297 g/mol. The fourth-order valence-electron chi connectivity index (χ4n) is 1.87. The Hall–Kier alpha value is -2.93. The van der Waals surface area contributed by atoms with Gasteiger partial charge in [0.2, 0.25) is 0 Å². The molecule has 2 rings (SSSR count). The minimum Gasteiger partial charge on any atom is -0.497 e. The molecule has 0 heterocycles. The molecule has 0 atom stereocenters. The minimum absolute atomic E-state index is 0.380. The van der Waals surface area contributed by atoms with Gasteiger partial charge in [-0.2, -0.15) is 0 Å². The lowest BCUT2D eigenvalue weighted by molar-refractivity contribution is 0.370. The van der Waals surface area contributed by atoms with Crippen molar-refractivity contribution in [3.05, 3.63) is 65.5 Å². The molecule has 2 N–H and O–H groups in total. The fourth-order valence-corrected chi connectivity index (χ4v) is 1.87. The number of rotatable bonds is 3. The van der Waals surface area contributed by atoms with E-state index in [2.05, 4.69) is 18.4 Å². The van der Waals surface area contributed by atoms with Crippen molar-refractivity contribution in [1.82, 2.24) is 0 Å². The molecule has 0 spiro atoms. The Bertz CT molecular complexity index is 772. The largest absolute Gasteiger partial charge is 0.497 e. The van der Waals surface area contributed by atoms with E-state index in [9.17, 15) is 4.39 Å². The average Bonchev–Trinajstić information content (AvgIpc) is 2.54.